The van der Waals surface area contributed by atoms with Crippen molar-refractivity contribution in [3.8, 4) is 5.75 Å². The van der Waals surface area contributed by atoms with Crippen LogP contribution in [0.3, 0.4) is 0 Å². The summed E-state index contributed by atoms with van der Waals surface area (Å²) in [6, 6.07) is 1.98. The van der Waals surface area contributed by atoms with Gasteiger partial charge in [-0.05, 0) is 17.7 Å². The Hall–Kier alpha value is -1.11. The van der Waals surface area contributed by atoms with Crippen molar-refractivity contribution >= 4 is 29.2 Å². The van der Waals surface area contributed by atoms with E-state index in [4.69, 9.17) is 28.3 Å². The van der Waals surface area contributed by atoms with Gasteiger partial charge >= 0.3 is 12.6 Å². The van der Waals surface area contributed by atoms with Gasteiger partial charge in [-0.1, -0.05) is 23.2 Å². The summed E-state index contributed by atoms with van der Waals surface area (Å²) < 4.78 is 28.0. The number of halogens is 4. The van der Waals surface area contributed by atoms with Crippen molar-refractivity contribution in [3.05, 3.63) is 27.7 Å². The molecule has 2 N–H and O–H groups in total. The molecular weight excluding hydrogens is 281 g/mol. The van der Waals surface area contributed by atoms with Gasteiger partial charge in [0, 0.05) is 0 Å². The smallest absolute Gasteiger partial charge is 0.387 e. The van der Waals surface area contributed by atoms with Gasteiger partial charge in [0.15, 0.2) is 11.9 Å². The highest BCUT2D eigenvalue weighted by molar-refractivity contribution is 6.37. The molecule has 0 fully saturated rings. The topological polar surface area (TPSA) is 66.8 Å². The minimum atomic E-state index is -3.11. The molecule has 0 aliphatic rings. The van der Waals surface area contributed by atoms with Crippen molar-refractivity contribution in [2.45, 2.75) is 12.7 Å². The Balaban J connectivity index is 3.13. The molecular formula is C9H6Cl2F2O4. The van der Waals surface area contributed by atoms with Crippen molar-refractivity contribution in [2.24, 2.45) is 0 Å². The van der Waals surface area contributed by atoms with Crippen LogP contribution in [-0.4, -0.2) is 22.8 Å². The first kappa shape index (κ1) is 14.0. The first-order chi connectivity index (χ1) is 7.82. The summed E-state index contributed by atoms with van der Waals surface area (Å²) in [6.45, 7) is -3.11. The Kier molecular flexibility index (Phi) is 4.50. The lowest BCUT2D eigenvalue weighted by molar-refractivity contribution is -0.146. The number of hydrogen-bond acceptors (Lipinski definition) is 3. The van der Waals surface area contributed by atoms with Crippen LogP contribution in [0.1, 0.15) is 11.7 Å². The first-order valence-electron chi connectivity index (χ1n) is 4.17. The second kappa shape index (κ2) is 5.48. The van der Waals surface area contributed by atoms with Crippen LogP contribution >= 0.6 is 23.2 Å². The molecule has 0 saturated heterocycles. The highest BCUT2D eigenvalue weighted by Crippen LogP contribution is 2.36. The van der Waals surface area contributed by atoms with E-state index in [1.807, 2.05) is 0 Å². The predicted octanol–water partition coefficient (Wildman–Crippen LogP) is 2.71. The Labute approximate surface area is 104 Å². The van der Waals surface area contributed by atoms with Crippen molar-refractivity contribution in [3.63, 3.8) is 0 Å². The lowest BCUT2D eigenvalue weighted by Crippen LogP contribution is -2.11. The molecule has 0 heterocycles. The first-order valence-corrected chi connectivity index (χ1v) is 4.93. The van der Waals surface area contributed by atoms with E-state index in [1.54, 1.807) is 0 Å². The van der Waals surface area contributed by atoms with Gasteiger partial charge in [-0.25, -0.2) is 4.79 Å². The third-order valence-corrected chi connectivity index (χ3v) is 2.34. The summed E-state index contributed by atoms with van der Waals surface area (Å²) in [6.07, 6.45) is -1.84. The number of carbonyl (C=O) groups is 1. The molecule has 1 rings (SSSR count). The summed E-state index contributed by atoms with van der Waals surface area (Å²) in [7, 11) is 0. The molecule has 1 atom stereocenters. The van der Waals surface area contributed by atoms with E-state index in [1.165, 1.54) is 0 Å². The van der Waals surface area contributed by atoms with E-state index < -0.39 is 24.4 Å². The Morgan fingerprint density at radius 1 is 1.29 bits per heavy atom. The number of ether oxygens (including phenoxy) is 1. The van der Waals surface area contributed by atoms with Crippen LogP contribution in [-0.2, 0) is 4.79 Å². The Morgan fingerprint density at radius 3 is 2.12 bits per heavy atom. The van der Waals surface area contributed by atoms with Gasteiger partial charge < -0.3 is 14.9 Å². The predicted molar refractivity (Wildman–Crippen MR) is 55.7 cm³/mol. The quantitative estimate of drug-likeness (QED) is 0.893. The molecule has 1 aromatic carbocycles. The molecule has 0 aromatic heterocycles. The minimum Gasteiger partial charge on any atom is -0.479 e. The van der Waals surface area contributed by atoms with Crippen LogP contribution in [0.4, 0.5) is 8.78 Å². The van der Waals surface area contributed by atoms with Crippen LogP contribution < -0.4 is 4.74 Å². The lowest BCUT2D eigenvalue weighted by atomic mass is 10.1. The van der Waals surface area contributed by atoms with Gasteiger partial charge in [-0.15, -0.1) is 0 Å². The zero-order chi connectivity index (χ0) is 13.2. The molecule has 8 heteroatoms. The summed E-state index contributed by atoms with van der Waals surface area (Å²) in [5, 5.41) is 17.1. The maximum Gasteiger partial charge on any atom is 0.387 e. The fourth-order valence-electron chi connectivity index (χ4n) is 1.08. The number of hydrogen-bond donors (Lipinski definition) is 2. The number of aliphatic carboxylic acids is 1. The monoisotopic (exact) mass is 286 g/mol. The van der Waals surface area contributed by atoms with Crippen LogP contribution in [0, 0.1) is 0 Å². The lowest BCUT2D eigenvalue weighted by Gasteiger charge is -2.12. The van der Waals surface area contributed by atoms with Gasteiger partial charge in [0.2, 0.25) is 0 Å². The summed E-state index contributed by atoms with van der Waals surface area (Å²) in [5.41, 5.74) is -0.130. The standard InChI is InChI=1S/C9H6Cl2F2O4/c10-4-1-3(6(14)8(15)16)2-5(11)7(4)17-9(12)13/h1-2,6,9,14H,(H,15,16). The Morgan fingerprint density at radius 2 is 1.76 bits per heavy atom. The van der Waals surface area contributed by atoms with Gasteiger partial charge in [-0.3, -0.25) is 0 Å². The maximum atomic E-state index is 12.0. The molecule has 0 spiro atoms. The van der Waals surface area contributed by atoms with Crippen molar-refractivity contribution in [1.82, 2.24) is 0 Å². The van der Waals surface area contributed by atoms with E-state index >= 15 is 0 Å². The normalized spacial score (nSPS) is 12.6. The molecule has 0 aliphatic heterocycles. The van der Waals surface area contributed by atoms with Gasteiger partial charge in [-0.2, -0.15) is 8.78 Å². The average Bonchev–Trinajstić information content (AvgIpc) is 2.21. The van der Waals surface area contributed by atoms with E-state index in [2.05, 4.69) is 4.74 Å². The fourth-order valence-corrected chi connectivity index (χ4v) is 1.67. The van der Waals surface area contributed by atoms with E-state index in [-0.39, 0.29) is 15.6 Å². The van der Waals surface area contributed by atoms with Crippen molar-refractivity contribution in [2.75, 3.05) is 0 Å². The number of benzene rings is 1. The molecule has 0 saturated carbocycles. The third kappa shape index (κ3) is 3.42. The summed E-state index contributed by atoms with van der Waals surface area (Å²) in [4.78, 5) is 10.5. The van der Waals surface area contributed by atoms with Crippen LogP contribution in [0.2, 0.25) is 10.0 Å². The largest absolute Gasteiger partial charge is 0.479 e. The Bertz CT molecular complexity index is 416. The number of carboxylic acid groups (broad SMARTS) is 1. The van der Waals surface area contributed by atoms with Crippen LogP contribution in [0.15, 0.2) is 12.1 Å². The maximum absolute atomic E-state index is 12.0. The number of rotatable bonds is 4. The van der Waals surface area contributed by atoms with E-state index in [0.717, 1.165) is 12.1 Å². The molecule has 0 radical (unpaired) electrons. The molecule has 94 valence electrons. The zero-order valence-corrected chi connectivity index (χ0v) is 9.54. The van der Waals surface area contributed by atoms with Crippen LogP contribution in [0.25, 0.3) is 0 Å². The third-order valence-electron chi connectivity index (χ3n) is 1.78. The second-order valence-electron chi connectivity index (χ2n) is 2.93. The number of aliphatic hydroxyl groups excluding tert-OH is 1. The SMILES string of the molecule is O=C(O)C(O)c1cc(Cl)c(OC(F)F)c(Cl)c1. The zero-order valence-electron chi connectivity index (χ0n) is 8.03. The molecule has 0 aliphatic carbocycles. The summed E-state index contributed by atoms with van der Waals surface area (Å²) in [5.74, 6) is -1.98. The van der Waals surface area contributed by atoms with Crippen molar-refractivity contribution < 1.29 is 28.5 Å². The minimum absolute atomic E-state index is 0.130. The fraction of sp³-hybridized carbons (Fsp3) is 0.222. The van der Waals surface area contributed by atoms with Gasteiger partial charge in [0.05, 0.1) is 10.0 Å². The van der Waals surface area contributed by atoms with Gasteiger partial charge in [0.25, 0.3) is 0 Å². The van der Waals surface area contributed by atoms with Crippen molar-refractivity contribution in [1.29, 1.82) is 0 Å². The average molecular weight is 287 g/mol. The molecule has 4 nitrogen and oxygen atoms in total. The molecule has 1 unspecified atom stereocenters. The van der Waals surface area contributed by atoms with Crippen LogP contribution in [0.5, 0.6) is 5.75 Å². The molecule has 17 heavy (non-hydrogen) atoms. The van der Waals surface area contributed by atoms with Gasteiger partial charge in [0.1, 0.15) is 0 Å². The molecule has 0 bridgehead atoms. The second-order valence-corrected chi connectivity index (χ2v) is 3.75. The van der Waals surface area contributed by atoms with E-state index in [0.29, 0.717) is 0 Å². The molecule has 1 aromatic rings. The summed E-state index contributed by atoms with van der Waals surface area (Å²) >= 11 is 11.2. The highest BCUT2D eigenvalue weighted by Gasteiger charge is 2.21. The molecule has 0 amide bonds. The highest BCUT2D eigenvalue weighted by atomic mass is 35.5. The number of alkyl halides is 2. The van der Waals surface area contributed by atoms with E-state index in [9.17, 15) is 18.7 Å². The number of carboxylic acids is 1. The number of aliphatic hydroxyl groups is 1.